The zero-order valence-electron chi connectivity index (χ0n) is 7.43. The monoisotopic (exact) mass is 200 g/mol. The molecule has 1 rings (SSSR count). The van der Waals surface area contributed by atoms with Crippen LogP contribution in [0.25, 0.3) is 0 Å². The lowest BCUT2D eigenvalue weighted by atomic mass is 10.2. The molecular formula is C8H10NO5. The summed E-state index contributed by atoms with van der Waals surface area (Å²) in [5.41, 5.74) is 0. The summed E-state index contributed by atoms with van der Waals surface area (Å²) in [5, 5.41) is 19.2. The quantitative estimate of drug-likeness (QED) is 0.579. The average Bonchev–Trinajstić information content (AvgIpc) is 2.43. The van der Waals surface area contributed by atoms with Gasteiger partial charge in [0.15, 0.2) is 0 Å². The van der Waals surface area contributed by atoms with Crippen LogP contribution in [0, 0.1) is 0 Å². The first kappa shape index (κ1) is 10.6. The summed E-state index contributed by atoms with van der Waals surface area (Å²) in [7, 11) is 0. The minimum atomic E-state index is -1.51. The van der Waals surface area contributed by atoms with Gasteiger partial charge in [0.05, 0.1) is 0 Å². The van der Waals surface area contributed by atoms with Gasteiger partial charge in [0.1, 0.15) is 6.04 Å². The minimum absolute atomic E-state index is 0.0358. The van der Waals surface area contributed by atoms with Crippen molar-refractivity contribution < 1.29 is 24.6 Å². The Morgan fingerprint density at radius 3 is 2.21 bits per heavy atom. The van der Waals surface area contributed by atoms with E-state index < -0.39 is 30.4 Å². The molecule has 1 radical (unpaired) electrons. The van der Waals surface area contributed by atoms with E-state index in [4.69, 9.17) is 5.11 Å². The smallest absolute Gasteiger partial charge is 0.378 e. The second kappa shape index (κ2) is 4.19. The van der Waals surface area contributed by atoms with E-state index in [1.54, 1.807) is 0 Å². The van der Waals surface area contributed by atoms with Crippen LogP contribution in [0.1, 0.15) is 19.3 Å². The number of rotatable bonds is 4. The van der Waals surface area contributed by atoms with Crippen LogP contribution in [0.3, 0.4) is 0 Å². The van der Waals surface area contributed by atoms with Crippen LogP contribution in [0.2, 0.25) is 0 Å². The molecule has 77 valence electrons. The van der Waals surface area contributed by atoms with Gasteiger partial charge in [0.25, 0.3) is 0 Å². The summed E-state index contributed by atoms with van der Waals surface area (Å²) in [6, 6.07) is -1.33. The predicted octanol–water partition coefficient (Wildman–Crippen LogP) is -1.16. The zero-order valence-corrected chi connectivity index (χ0v) is 7.43. The molecule has 6 heteroatoms. The van der Waals surface area contributed by atoms with Crippen LogP contribution in [0.4, 0.5) is 0 Å². The highest BCUT2D eigenvalue weighted by Crippen LogP contribution is 2.17. The maximum absolute atomic E-state index is 11.1. The van der Waals surface area contributed by atoms with Crippen LogP contribution in [-0.4, -0.2) is 40.4 Å². The molecular weight excluding hydrogens is 190 g/mol. The molecule has 2 amide bonds. The molecule has 1 unspecified atom stereocenters. The fraction of sp³-hybridized carbons (Fsp3) is 0.625. The molecule has 0 aromatic rings. The fourth-order valence-electron chi connectivity index (χ4n) is 1.42. The first-order chi connectivity index (χ1) is 6.57. The summed E-state index contributed by atoms with van der Waals surface area (Å²) < 4.78 is 0. The van der Waals surface area contributed by atoms with Crippen LogP contribution in [0.15, 0.2) is 0 Å². The number of aliphatic hydroxyl groups excluding tert-OH is 1. The van der Waals surface area contributed by atoms with Gasteiger partial charge < -0.3 is 5.11 Å². The third-order valence-electron chi connectivity index (χ3n) is 2.08. The molecule has 1 aliphatic heterocycles. The summed E-state index contributed by atoms with van der Waals surface area (Å²) in [4.78, 5) is 33.5. The van der Waals surface area contributed by atoms with Crippen molar-refractivity contribution in [2.75, 3.05) is 6.61 Å². The number of hydrogen-bond donors (Lipinski definition) is 1. The third kappa shape index (κ3) is 1.90. The van der Waals surface area contributed by atoms with Crippen LogP contribution < -0.4 is 0 Å². The van der Waals surface area contributed by atoms with E-state index in [1.165, 1.54) is 0 Å². The fourth-order valence-corrected chi connectivity index (χ4v) is 1.42. The van der Waals surface area contributed by atoms with Gasteiger partial charge in [-0.3, -0.25) is 14.5 Å². The molecule has 0 spiro atoms. The first-order valence-electron chi connectivity index (χ1n) is 4.24. The van der Waals surface area contributed by atoms with E-state index in [0.29, 0.717) is 4.90 Å². The molecule has 0 aromatic carbocycles. The molecule has 0 bridgehead atoms. The number of carbonyl (C=O) groups is 3. The standard InChI is InChI=1S/C8H10NO5/c10-4-3-5(8(13)14)9-6(11)1-2-7(9)12/h5,10H,1-4H2. The Morgan fingerprint density at radius 2 is 1.86 bits per heavy atom. The van der Waals surface area contributed by atoms with E-state index in [0.717, 1.165) is 0 Å². The van der Waals surface area contributed by atoms with Crippen molar-refractivity contribution in [3.05, 3.63) is 0 Å². The maximum Gasteiger partial charge on any atom is 0.378 e. The van der Waals surface area contributed by atoms with Crippen LogP contribution in [-0.2, 0) is 19.5 Å². The molecule has 14 heavy (non-hydrogen) atoms. The molecule has 1 heterocycles. The van der Waals surface area contributed by atoms with E-state index in [-0.39, 0.29) is 19.3 Å². The van der Waals surface area contributed by atoms with Crippen molar-refractivity contribution in [1.82, 2.24) is 4.90 Å². The van der Waals surface area contributed by atoms with Crippen molar-refractivity contribution in [1.29, 1.82) is 0 Å². The second-order valence-electron chi connectivity index (χ2n) is 3.00. The van der Waals surface area contributed by atoms with Crippen LogP contribution in [0.5, 0.6) is 0 Å². The molecule has 0 aliphatic carbocycles. The van der Waals surface area contributed by atoms with Gasteiger partial charge in [-0.15, -0.1) is 0 Å². The molecule has 1 fully saturated rings. The Kier molecular flexibility index (Phi) is 3.19. The Balaban J connectivity index is 2.81. The van der Waals surface area contributed by atoms with Gasteiger partial charge >= 0.3 is 5.97 Å². The molecule has 1 atom stereocenters. The Hall–Kier alpha value is -1.43. The van der Waals surface area contributed by atoms with Crippen molar-refractivity contribution in [2.24, 2.45) is 0 Å². The molecule has 6 nitrogen and oxygen atoms in total. The molecule has 0 aromatic heterocycles. The van der Waals surface area contributed by atoms with E-state index >= 15 is 0 Å². The van der Waals surface area contributed by atoms with Gasteiger partial charge in [-0.1, -0.05) is 0 Å². The Labute approximate surface area is 80.1 Å². The highest BCUT2D eigenvalue weighted by Gasteiger charge is 2.39. The second-order valence-corrected chi connectivity index (χ2v) is 3.00. The lowest BCUT2D eigenvalue weighted by Crippen LogP contribution is -2.44. The number of imide groups is 1. The predicted molar refractivity (Wildman–Crippen MR) is 42.3 cm³/mol. The molecule has 1 aliphatic rings. The topological polar surface area (TPSA) is 94.6 Å². The van der Waals surface area contributed by atoms with Gasteiger partial charge in [-0.2, -0.15) is 0 Å². The lowest BCUT2D eigenvalue weighted by molar-refractivity contribution is -0.158. The van der Waals surface area contributed by atoms with Crippen molar-refractivity contribution in [3.8, 4) is 0 Å². The number of hydrogen-bond acceptors (Lipinski definition) is 4. The van der Waals surface area contributed by atoms with E-state index in [9.17, 15) is 19.5 Å². The Bertz CT molecular complexity index is 259. The van der Waals surface area contributed by atoms with Crippen molar-refractivity contribution >= 4 is 17.8 Å². The molecule has 1 N–H and O–H groups in total. The summed E-state index contributed by atoms with van der Waals surface area (Å²) in [5.74, 6) is -2.54. The van der Waals surface area contributed by atoms with Gasteiger partial charge in [-0.25, -0.2) is 9.90 Å². The number of amides is 2. The number of aliphatic hydroxyl groups is 1. The number of likely N-dealkylation sites (tertiary alicyclic amines) is 1. The molecule has 0 saturated carbocycles. The zero-order chi connectivity index (χ0) is 10.7. The van der Waals surface area contributed by atoms with Crippen LogP contribution >= 0.6 is 0 Å². The largest absolute Gasteiger partial charge is 0.396 e. The summed E-state index contributed by atoms with van der Waals surface area (Å²) in [6.45, 7) is -0.407. The average molecular weight is 200 g/mol. The third-order valence-corrected chi connectivity index (χ3v) is 2.08. The van der Waals surface area contributed by atoms with E-state index in [2.05, 4.69) is 0 Å². The molecule has 1 saturated heterocycles. The first-order valence-corrected chi connectivity index (χ1v) is 4.24. The lowest BCUT2D eigenvalue weighted by Gasteiger charge is -2.20. The Morgan fingerprint density at radius 1 is 1.36 bits per heavy atom. The van der Waals surface area contributed by atoms with Gasteiger partial charge in [0, 0.05) is 25.9 Å². The van der Waals surface area contributed by atoms with E-state index in [1.807, 2.05) is 0 Å². The number of nitrogens with zero attached hydrogens (tertiary/aromatic N) is 1. The minimum Gasteiger partial charge on any atom is -0.396 e. The summed E-state index contributed by atoms with van der Waals surface area (Å²) >= 11 is 0. The highest BCUT2D eigenvalue weighted by atomic mass is 16.4. The highest BCUT2D eigenvalue weighted by molar-refractivity contribution is 6.04. The normalized spacial score (nSPS) is 18.8. The maximum atomic E-state index is 11.1. The van der Waals surface area contributed by atoms with Crippen molar-refractivity contribution in [3.63, 3.8) is 0 Å². The van der Waals surface area contributed by atoms with Gasteiger partial charge in [0.2, 0.25) is 11.8 Å². The number of carbonyl (C=O) groups excluding carboxylic acids is 3. The SMILES string of the molecule is [O]C(=O)C(CCO)N1C(=O)CCC1=O. The van der Waals surface area contributed by atoms with Crippen molar-refractivity contribution in [2.45, 2.75) is 25.3 Å². The van der Waals surface area contributed by atoms with Gasteiger partial charge in [-0.05, 0) is 0 Å². The summed E-state index contributed by atoms with van der Waals surface area (Å²) in [6.07, 6.45) is -0.109.